The van der Waals surface area contributed by atoms with Crippen molar-refractivity contribution in [3.63, 3.8) is 0 Å². The Morgan fingerprint density at radius 2 is 1.61 bits per heavy atom. The first-order chi connectivity index (χ1) is 13.1. The largest absolute Gasteiger partial charge is 0.416 e. The number of hydrogen-bond donors (Lipinski definition) is 1. The molecule has 2 rings (SSSR count). The Labute approximate surface area is 163 Å². The standard InChI is InChI=1S/C19H18F4N2O2S/c1-25(10-13-2-4-14(5-3-13)19(21,22)23)18(27)12-28-11-17(26)24-16-8-6-15(20)7-9-16/h2-9H,10-12H2,1H3,(H,24,26). The molecule has 0 unspecified atom stereocenters. The third-order valence-corrected chi connectivity index (χ3v) is 4.63. The number of nitrogens with zero attached hydrogens (tertiary/aromatic N) is 1. The van der Waals surface area contributed by atoms with Crippen LogP contribution in [0.5, 0.6) is 0 Å². The lowest BCUT2D eigenvalue weighted by Crippen LogP contribution is -2.28. The maximum absolute atomic E-state index is 12.8. The van der Waals surface area contributed by atoms with Crippen molar-refractivity contribution < 1.29 is 27.2 Å². The predicted molar refractivity (Wildman–Crippen MR) is 100 cm³/mol. The Kier molecular flexibility index (Phi) is 7.45. The second-order valence-electron chi connectivity index (χ2n) is 5.99. The third kappa shape index (κ3) is 6.88. The zero-order chi connectivity index (χ0) is 20.7. The van der Waals surface area contributed by atoms with Crippen molar-refractivity contribution in [2.75, 3.05) is 23.9 Å². The molecule has 2 amide bonds. The number of amides is 2. The highest BCUT2D eigenvalue weighted by Gasteiger charge is 2.29. The Balaban J connectivity index is 1.74. The van der Waals surface area contributed by atoms with E-state index < -0.39 is 17.6 Å². The van der Waals surface area contributed by atoms with Crippen LogP contribution in [0.3, 0.4) is 0 Å². The Morgan fingerprint density at radius 1 is 1.00 bits per heavy atom. The number of carbonyl (C=O) groups is 2. The Hall–Kier alpha value is -2.55. The van der Waals surface area contributed by atoms with Gasteiger partial charge < -0.3 is 10.2 Å². The van der Waals surface area contributed by atoms with Crippen molar-refractivity contribution in [2.24, 2.45) is 0 Å². The fourth-order valence-electron chi connectivity index (χ4n) is 2.23. The molecule has 2 aromatic rings. The van der Waals surface area contributed by atoms with Crippen LogP contribution in [-0.4, -0.2) is 35.3 Å². The van der Waals surface area contributed by atoms with Gasteiger partial charge in [-0.25, -0.2) is 4.39 Å². The molecule has 0 bridgehead atoms. The average Bonchev–Trinajstić information content (AvgIpc) is 2.63. The second kappa shape index (κ2) is 9.59. The zero-order valence-corrected chi connectivity index (χ0v) is 15.7. The SMILES string of the molecule is CN(Cc1ccc(C(F)(F)F)cc1)C(=O)CSCC(=O)Nc1ccc(F)cc1. The molecular formula is C19H18F4N2O2S. The van der Waals surface area contributed by atoms with Gasteiger partial charge in [0.15, 0.2) is 0 Å². The van der Waals surface area contributed by atoms with Crippen molar-refractivity contribution in [3.8, 4) is 0 Å². The van der Waals surface area contributed by atoms with Crippen LogP contribution in [0.15, 0.2) is 48.5 Å². The van der Waals surface area contributed by atoms with E-state index in [1.54, 1.807) is 7.05 Å². The lowest BCUT2D eigenvalue weighted by molar-refractivity contribution is -0.137. The maximum Gasteiger partial charge on any atom is 0.416 e. The van der Waals surface area contributed by atoms with Gasteiger partial charge in [-0.2, -0.15) is 13.2 Å². The maximum atomic E-state index is 12.8. The van der Waals surface area contributed by atoms with E-state index in [0.29, 0.717) is 11.3 Å². The van der Waals surface area contributed by atoms with Gasteiger partial charge in [0, 0.05) is 19.3 Å². The van der Waals surface area contributed by atoms with Crippen LogP contribution < -0.4 is 5.32 Å². The van der Waals surface area contributed by atoms with Gasteiger partial charge in [0.25, 0.3) is 0 Å². The number of alkyl halides is 3. The fraction of sp³-hybridized carbons (Fsp3) is 0.263. The molecule has 150 valence electrons. The lowest BCUT2D eigenvalue weighted by atomic mass is 10.1. The summed E-state index contributed by atoms with van der Waals surface area (Å²) >= 11 is 1.11. The summed E-state index contributed by atoms with van der Waals surface area (Å²) in [6.45, 7) is 0.166. The summed E-state index contributed by atoms with van der Waals surface area (Å²) in [5, 5.41) is 2.59. The quantitative estimate of drug-likeness (QED) is 0.692. The van der Waals surface area contributed by atoms with E-state index >= 15 is 0 Å². The molecule has 4 nitrogen and oxygen atoms in total. The van der Waals surface area contributed by atoms with Crippen LogP contribution in [0.25, 0.3) is 0 Å². The van der Waals surface area contributed by atoms with Crippen LogP contribution in [0, 0.1) is 5.82 Å². The van der Waals surface area contributed by atoms with E-state index in [-0.39, 0.29) is 29.9 Å². The minimum Gasteiger partial charge on any atom is -0.341 e. The first kappa shape index (κ1) is 21.7. The number of rotatable bonds is 7. The molecule has 0 atom stereocenters. The Bertz CT molecular complexity index is 808. The van der Waals surface area contributed by atoms with Gasteiger partial charge in [-0.3, -0.25) is 9.59 Å². The van der Waals surface area contributed by atoms with E-state index in [1.807, 2.05) is 0 Å². The molecule has 28 heavy (non-hydrogen) atoms. The van der Waals surface area contributed by atoms with Gasteiger partial charge in [0.2, 0.25) is 11.8 Å². The number of carbonyl (C=O) groups excluding carboxylic acids is 2. The minimum atomic E-state index is -4.40. The molecule has 9 heteroatoms. The summed E-state index contributed by atoms with van der Waals surface area (Å²) in [5.41, 5.74) is 0.286. The summed E-state index contributed by atoms with van der Waals surface area (Å²) in [7, 11) is 1.54. The molecule has 1 N–H and O–H groups in total. The van der Waals surface area contributed by atoms with Gasteiger partial charge in [-0.15, -0.1) is 11.8 Å². The average molecular weight is 414 g/mol. The third-order valence-electron chi connectivity index (χ3n) is 3.71. The monoisotopic (exact) mass is 414 g/mol. The first-order valence-electron chi connectivity index (χ1n) is 8.18. The molecule has 0 aliphatic heterocycles. The highest BCUT2D eigenvalue weighted by atomic mass is 32.2. The number of thioether (sulfide) groups is 1. The minimum absolute atomic E-state index is 0.0389. The van der Waals surface area contributed by atoms with Crippen LogP contribution in [0.2, 0.25) is 0 Å². The van der Waals surface area contributed by atoms with Crippen LogP contribution in [0.4, 0.5) is 23.2 Å². The molecule has 0 fully saturated rings. The highest BCUT2D eigenvalue weighted by molar-refractivity contribution is 8.00. The van der Waals surface area contributed by atoms with Crippen molar-refractivity contribution in [1.29, 1.82) is 0 Å². The molecule has 0 radical (unpaired) electrons. The van der Waals surface area contributed by atoms with Crippen LogP contribution in [0.1, 0.15) is 11.1 Å². The predicted octanol–water partition coefficient (Wildman–Crippen LogP) is 4.17. The molecule has 0 aliphatic rings. The first-order valence-corrected chi connectivity index (χ1v) is 9.34. The van der Waals surface area contributed by atoms with Crippen molar-refractivity contribution >= 4 is 29.3 Å². The summed E-state index contributed by atoms with van der Waals surface area (Å²) in [6.07, 6.45) is -4.40. The summed E-state index contributed by atoms with van der Waals surface area (Å²) in [4.78, 5) is 25.3. The van der Waals surface area contributed by atoms with Gasteiger partial charge in [-0.05, 0) is 42.0 Å². The topological polar surface area (TPSA) is 49.4 Å². The van der Waals surface area contributed by atoms with E-state index in [0.717, 1.165) is 23.9 Å². The van der Waals surface area contributed by atoms with Crippen molar-refractivity contribution in [2.45, 2.75) is 12.7 Å². The smallest absolute Gasteiger partial charge is 0.341 e. The van der Waals surface area contributed by atoms with Gasteiger partial charge in [0.05, 0.1) is 17.1 Å². The highest BCUT2D eigenvalue weighted by Crippen LogP contribution is 2.29. The molecule has 0 aliphatic carbocycles. The van der Waals surface area contributed by atoms with E-state index in [9.17, 15) is 27.2 Å². The summed E-state index contributed by atoms with van der Waals surface area (Å²) < 4.78 is 50.5. The number of halogens is 4. The number of nitrogens with one attached hydrogen (secondary N) is 1. The molecule has 2 aromatic carbocycles. The van der Waals surface area contributed by atoms with Crippen LogP contribution >= 0.6 is 11.8 Å². The number of benzene rings is 2. The zero-order valence-electron chi connectivity index (χ0n) is 14.9. The van der Waals surface area contributed by atoms with Crippen LogP contribution in [-0.2, 0) is 22.3 Å². The van der Waals surface area contributed by atoms with E-state index in [1.165, 1.54) is 41.3 Å². The lowest BCUT2D eigenvalue weighted by Gasteiger charge is -2.17. The van der Waals surface area contributed by atoms with Gasteiger partial charge >= 0.3 is 6.18 Å². The summed E-state index contributed by atoms with van der Waals surface area (Å²) in [5.74, 6) is -0.895. The number of hydrogen-bond acceptors (Lipinski definition) is 3. The summed E-state index contributed by atoms with van der Waals surface area (Å²) in [6, 6.07) is 9.92. The number of anilines is 1. The Morgan fingerprint density at radius 3 is 2.18 bits per heavy atom. The van der Waals surface area contributed by atoms with Crippen molar-refractivity contribution in [1.82, 2.24) is 4.90 Å². The molecule has 0 saturated carbocycles. The van der Waals surface area contributed by atoms with E-state index in [2.05, 4.69) is 5.32 Å². The molecule has 0 aromatic heterocycles. The molecular weight excluding hydrogens is 396 g/mol. The molecule has 0 spiro atoms. The second-order valence-corrected chi connectivity index (χ2v) is 6.98. The van der Waals surface area contributed by atoms with Crippen molar-refractivity contribution in [3.05, 3.63) is 65.5 Å². The van der Waals surface area contributed by atoms with Gasteiger partial charge in [-0.1, -0.05) is 12.1 Å². The van der Waals surface area contributed by atoms with Gasteiger partial charge in [0.1, 0.15) is 5.82 Å². The normalized spacial score (nSPS) is 11.2. The molecule has 0 heterocycles. The molecule has 0 saturated heterocycles. The fourth-order valence-corrected chi connectivity index (χ4v) is 2.99. The van der Waals surface area contributed by atoms with E-state index in [4.69, 9.17) is 0 Å².